The summed E-state index contributed by atoms with van der Waals surface area (Å²) >= 11 is 0. The van der Waals surface area contributed by atoms with E-state index >= 15 is 0 Å². The Morgan fingerprint density at radius 1 is 0.636 bits per heavy atom. The number of hydrogen-bond donors (Lipinski definition) is 0. The predicted octanol–water partition coefficient (Wildman–Crippen LogP) is 4.53. The fraction of sp³-hybridized carbons (Fsp3) is 0.800. The summed E-state index contributed by atoms with van der Waals surface area (Å²) in [6.45, 7) is 8.59. The van der Waals surface area contributed by atoms with Gasteiger partial charge in [-0.1, -0.05) is 0 Å². The first-order chi connectivity index (χ1) is 9.42. The molecule has 0 rings (SSSR count). The van der Waals surface area contributed by atoms with E-state index in [0.29, 0.717) is 0 Å². The monoisotopic (exact) mass is 368 g/mol. The first-order valence-electron chi connectivity index (χ1n) is 6.10. The Morgan fingerprint density at radius 2 is 0.864 bits per heavy atom. The lowest BCUT2D eigenvalue weighted by Gasteiger charge is -2.22. The van der Waals surface area contributed by atoms with E-state index < -0.39 is 40.8 Å². The molecule has 0 heterocycles. The molecule has 0 aromatic carbocycles. The highest BCUT2D eigenvalue weighted by Gasteiger charge is 2.43. The Bertz CT molecular complexity index is 404. The number of rotatable bonds is 3. The molecule has 0 atom stereocenters. The van der Waals surface area contributed by atoms with Crippen LogP contribution in [0.2, 0.25) is 39.3 Å². The molecule has 0 saturated carbocycles. The van der Waals surface area contributed by atoms with Gasteiger partial charge in [-0.3, -0.25) is 0 Å². The van der Waals surface area contributed by atoms with Gasteiger partial charge in [0.2, 0.25) is 16.6 Å². The van der Waals surface area contributed by atoms with Crippen LogP contribution in [0.5, 0.6) is 0 Å². The van der Waals surface area contributed by atoms with Gasteiger partial charge in [-0.15, -0.1) is 10.2 Å². The molecule has 22 heavy (non-hydrogen) atoms. The largest absolute Gasteiger partial charge is 0.527 e. The van der Waals surface area contributed by atoms with Crippen LogP contribution in [0.15, 0.2) is 10.2 Å². The maximum absolute atomic E-state index is 12.7. The van der Waals surface area contributed by atoms with E-state index in [0.717, 1.165) is 0 Å². The molecule has 130 valence electrons. The Balaban J connectivity index is 5.70. The molecule has 12 heteroatoms. The zero-order valence-corrected chi connectivity index (χ0v) is 15.0. The molecular weight excluding hydrogens is 350 g/mol. The third kappa shape index (κ3) is 9.07. The minimum atomic E-state index is -5.04. The van der Waals surface area contributed by atoms with Crippen molar-refractivity contribution in [3.8, 4) is 0 Å². The average Bonchev–Trinajstić information content (AvgIpc) is 2.15. The summed E-state index contributed by atoms with van der Waals surface area (Å²) in [5.74, 6) is -3.62. The van der Waals surface area contributed by atoms with Gasteiger partial charge in [0, 0.05) is 0 Å². The summed E-state index contributed by atoms with van der Waals surface area (Å²) in [6.07, 6.45) is -10.1. The molecule has 0 radical (unpaired) electrons. The first kappa shape index (κ1) is 21.0. The van der Waals surface area contributed by atoms with Crippen molar-refractivity contribution in [2.75, 3.05) is 0 Å². The summed E-state index contributed by atoms with van der Waals surface area (Å²) in [7, 11) is -5.46. The van der Waals surface area contributed by atoms with Crippen molar-refractivity contribution in [3.05, 3.63) is 0 Å². The summed E-state index contributed by atoms with van der Waals surface area (Å²) < 4.78 is 85.6. The van der Waals surface area contributed by atoms with E-state index in [1.54, 1.807) is 0 Å². The van der Waals surface area contributed by atoms with Crippen LogP contribution < -0.4 is 0 Å². The zero-order valence-electron chi connectivity index (χ0n) is 13.0. The van der Waals surface area contributed by atoms with Gasteiger partial charge in [0.15, 0.2) is 0 Å². The van der Waals surface area contributed by atoms with Gasteiger partial charge in [-0.25, -0.2) is 0 Å². The molecule has 0 saturated heterocycles. The fourth-order valence-electron chi connectivity index (χ4n) is 0.941. The molecule has 4 nitrogen and oxygen atoms in total. The molecule has 0 fully saturated rings. The molecule has 0 aliphatic heterocycles. The number of hydrogen-bond acceptors (Lipinski definition) is 4. The van der Waals surface area contributed by atoms with Crippen LogP contribution in [0.1, 0.15) is 0 Å². The lowest BCUT2D eigenvalue weighted by molar-refractivity contribution is -0.0744. The minimum absolute atomic E-state index is 1.43. The van der Waals surface area contributed by atoms with Crippen molar-refractivity contribution in [1.29, 1.82) is 0 Å². The highest BCUT2D eigenvalue weighted by Crippen LogP contribution is 2.24. The highest BCUT2D eigenvalue weighted by atomic mass is 28.4. The Kier molecular flexibility index (Phi) is 6.29. The van der Waals surface area contributed by atoms with Crippen molar-refractivity contribution >= 4 is 28.4 Å². The SMILES string of the molecule is C[Si](C)(C)O/C(=N\N=C(\O[Si](C)(C)C)C(F)(F)F)C(F)(F)F. The van der Waals surface area contributed by atoms with Gasteiger partial charge < -0.3 is 8.85 Å². The van der Waals surface area contributed by atoms with E-state index in [4.69, 9.17) is 0 Å². The van der Waals surface area contributed by atoms with Crippen LogP contribution >= 0.6 is 0 Å². The number of nitrogens with zero attached hydrogens (tertiary/aromatic N) is 2. The second-order valence-corrected chi connectivity index (χ2v) is 15.1. The lowest BCUT2D eigenvalue weighted by Crippen LogP contribution is -2.38. The van der Waals surface area contributed by atoms with Gasteiger partial charge in [-0.2, -0.15) is 26.3 Å². The maximum atomic E-state index is 12.7. The van der Waals surface area contributed by atoms with E-state index in [-0.39, 0.29) is 0 Å². The number of alkyl halides is 6. The molecule has 0 aromatic heterocycles. The second-order valence-electron chi connectivity index (χ2n) is 6.23. The van der Waals surface area contributed by atoms with Gasteiger partial charge in [0.1, 0.15) is 0 Å². The van der Waals surface area contributed by atoms with E-state index in [1.807, 2.05) is 0 Å². The third-order valence-corrected chi connectivity index (χ3v) is 3.13. The van der Waals surface area contributed by atoms with Crippen molar-refractivity contribution in [3.63, 3.8) is 0 Å². The van der Waals surface area contributed by atoms with Crippen LogP contribution in [0.3, 0.4) is 0 Å². The van der Waals surface area contributed by atoms with E-state index in [2.05, 4.69) is 19.1 Å². The van der Waals surface area contributed by atoms with Crippen molar-refractivity contribution in [1.82, 2.24) is 0 Å². The molecule has 0 aromatic rings. The topological polar surface area (TPSA) is 43.2 Å². The van der Waals surface area contributed by atoms with Crippen LogP contribution in [0.4, 0.5) is 26.3 Å². The van der Waals surface area contributed by atoms with E-state index in [9.17, 15) is 26.3 Å². The quantitative estimate of drug-likeness (QED) is 0.242. The molecule has 0 aliphatic rings. The van der Waals surface area contributed by atoms with Gasteiger partial charge in [0.25, 0.3) is 0 Å². The van der Waals surface area contributed by atoms with Crippen LogP contribution in [-0.4, -0.2) is 40.8 Å². The lowest BCUT2D eigenvalue weighted by atomic mass is 10.6. The normalized spacial score (nSPS) is 15.8. The first-order valence-corrected chi connectivity index (χ1v) is 12.9. The molecule has 0 bridgehead atoms. The Morgan fingerprint density at radius 3 is 1.00 bits per heavy atom. The standard InChI is InChI=1S/C10H18F6N2O2Si2/c1-21(2,3)19-7(9(11,12)13)17-18-8(10(14,15)16)20-22(4,5)6/h1-6H3/b17-7-,18-8+. The zero-order chi connectivity index (χ0) is 18.0. The summed E-state index contributed by atoms with van der Waals surface area (Å²) in [4.78, 5) is 0. The summed E-state index contributed by atoms with van der Waals surface area (Å²) in [5, 5.41) is 5.20. The van der Waals surface area contributed by atoms with Crippen molar-refractivity contribution in [2.24, 2.45) is 10.2 Å². The van der Waals surface area contributed by atoms with Crippen LogP contribution in [0, 0.1) is 0 Å². The van der Waals surface area contributed by atoms with Crippen LogP contribution in [0.25, 0.3) is 0 Å². The molecular formula is C10H18F6N2O2Si2. The van der Waals surface area contributed by atoms with Crippen molar-refractivity contribution in [2.45, 2.75) is 51.6 Å². The molecule has 0 amide bonds. The molecule has 0 N–H and O–H groups in total. The number of halogens is 6. The summed E-state index contributed by atoms with van der Waals surface area (Å²) in [5.41, 5.74) is 0. The highest BCUT2D eigenvalue weighted by molar-refractivity contribution is 6.71. The third-order valence-electron chi connectivity index (χ3n) is 1.52. The molecule has 0 spiro atoms. The second kappa shape index (κ2) is 6.60. The molecule has 0 unspecified atom stereocenters. The minimum Gasteiger partial charge on any atom is -0.527 e. The smallest absolute Gasteiger partial charge is 0.468 e. The molecule has 0 aliphatic carbocycles. The van der Waals surface area contributed by atoms with Gasteiger partial charge in [0.05, 0.1) is 0 Å². The van der Waals surface area contributed by atoms with E-state index in [1.165, 1.54) is 39.3 Å². The van der Waals surface area contributed by atoms with Crippen LogP contribution in [-0.2, 0) is 8.85 Å². The van der Waals surface area contributed by atoms with Gasteiger partial charge in [-0.05, 0) is 39.3 Å². The predicted molar refractivity (Wildman–Crippen MR) is 75.8 cm³/mol. The Hall–Kier alpha value is -1.05. The fourth-order valence-corrected chi connectivity index (χ4v) is 2.41. The Labute approximate surface area is 126 Å². The summed E-state index contributed by atoms with van der Waals surface area (Å²) in [6, 6.07) is 0. The van der Waals surface area contributed by atoms with Gasteiger partial charge >= 0.3 is 24.1 Å². The maximum Gasteiger partial charge on any atom is 0.468 e. The van der Waals surface area contributed by atoms with Crippen molar-refractivity contribution < 1.29 is 35.2 Å². The average molecular weight is 368 g/mol.